The van der Waals surface area contributed by atoms with Gasteiger partial charge in [-0.1, -0.05) is 12.1 Å². The number of urea groups is 1. The van der Waals surface area contributed by atoms with Gasteiger partial charge in [0.2, 0.25) is 10.0 Å². The van der Waals surface area contributed by atoms with Crippen LogP contribution in [0.2, 0.25) is 0 Å². The highest BCUT2D eigenvalue weighted by atomic mass is 32.2. The van der Waals surface area contributed by atoms with Gasteiger partial charge < -0.3 is 39.4 Å². The van der Waals surface area contributed by atoms with Gasteiger partial charge in [-0.05, 0) is 89.4 Å². The Morgan fingerprint density at radius 1 is 1.14 bits per heavy atom. The molecule has 1 aliphatic rings. The molecule has 0 saturated carbocycles. The van der Waals surface area contributed by atoms with Gasteiger partial charge in [-0.3, -0.25) is 4.79 Å². The number of hydrogen-bond donors (Lipinski definition) is 3. The number of aliphatic hydroxyl groups is 1. The summed E-state index contributed by atoms with van der Waals surface area (Å²) in [5.41, 5.74) is 1.52. The highest BCUT2D eigenvalue weighted by Gasteiger charge is 2.32. The molecular formula is C35H49N5O9S. The molecule has 0 saturated heterocycles. The Hall–Kier alpha value is -4.18. The van der Waals surface area contributed by atoms with Gasteiger partial charge in [0, 0.05) is 38.3 Å². The second kappa shape index (κ2) is 17.2. The van der Waals surface area contributed by atoms with Crippen molar-refractivity contribution >= 4 is 33.3 Å². The highest BCUT2D eigenvalue weighted by molar-refractivity contribution is 7.89. The maximum atomic E-state index is 14.4. The van der Waals surface area contributed by atoms with E-state index >= 15 is 0 Å². The number of carbonyl (C=O) groups excluding carboxylic acids is 2. The number of likely N-dealkylation sites (N-methyl/N-ethyl adjacent to an activating group) is 1. The van der Waals surface area contributed by atoms with Crippen LogP contribution in [-0.2, 0) is 14.8 Å². The van der Waals surface area contributed by atoms with Gasteiger partial charge in [-0.25, -0.2) is 13.2 Å². The van der Waals surface area contributed by atoms with E-state index in [4.69, 9.17) is 18.7 Å². The maximum absolute atomic E-state index is 14.4. The SMILES string of the molecule is COc1ccc(S(=O)(=O)N(C)C[C@@H]2OCCCC[C@H](C)Oc3ccc(NC(=O)Nc4c(C)noc4C)cc3C(=O)N([C@H](C)CO)C[C@@H]2C)cc1. The third-order valence-electron chi connectivity index (χ3n) is 8.79. The van der Waals surface area contributed by atoms with Crippen molar-refractivity contribution in [1.29, 1.82) is 0 Å². The number of ether oxygens (including phenoxy) is 3. The van der Waals surface area contributed by atoms with E-state index in [2.05, 4.69) is 15.8 Å². The van der Waals surface area contributed by atoms with Crippen molar-refractivity contribution in [3.05, 3.63) is 59.5 Å². The van der Waals surface area contributed by atoms with Crippen molar-refractivity contribution in [3.8, 4) is 11.5 Å². The Balaban J connectivity index is 1.62. The first-order valence-electron chi connectivity index (χ1n) is 16.7. The molecule has 14 nitrogen and oxygen atoms in total. The molecule has 0 aliphatic carbocycles. The second-order valence-corrected chi connectivity index (χ2v) is 14.8. The number of anilines is 2. The number of nitrogens with zero attached hydrogens (tertiary/aromatic N) is 3. The van der Waals surface area contributed by atoms with Gasteiger partial charge in [0.15, 0.2) is 5.76 Å². The van der Waals surface area contributed by atoms with Crippen LogP contribution < -0.4 is 20.1 Å². The minimum Gasteiger partial charge on any atom is -0.497 e. The Morgan fingerprint density at radius 3 is 2.50 bits per heavy atom. The summed E-state index contributed by atoms with van der Waals surface area (Å²) < 4.78 is 51.2. The van der Waals surface area contributed by atoms with E-state index in [0.29, 0.717) is 47.4 Å². The maximum Gasteiger partial charge on any atom is 0.323 e. The summed E-state index contributed by atoms with van der Waals surface area (Å²) >= 11 is 0. The van der Waals surface area contributed by atoms with Crippen LogP contribution in [0.4, 0.5) is 16.2 Å². The zero-order valence-corrected chi connectivity index (χ0v) is 30.6. The number of aromatic nitrogens is 1. The summed E-state index contributed by atoms with van der Waals surface area (Å²) in [4.78, 5) is 29.0. The van der Waals surface area contributed by atoms with Gasteiger partial charge >= 0.3 is 6.03 Å². The average Bonchev–Trinajstić information content (AvgIpc) is 3.41. The normalized spacial score (nSPS) is 20.0. The van der Waals surface area contributed by atoms with E-state index in [-0.39, 0.29) is 42.2 Å². The van der Waals surface area contributed by atoms with Crippen molar-refractivity contribution in [3.63, 3.8) is 0 Å². The third kappa shape index (κ3) is 9.53. The van der Waals surface area contributed by atoms with E-state index in [9.17, 15) is 23.1 Å². The number of rotatable bonds is 9. The van der Waals surface area contributed by atoms with Gasteiger partial charge in [0.05, 0.1) is 42.4 Å². The van der Waals surface area contributed by atoms with Crippen molar-refractivity contribution in [2.24, 2.45) is 5.92 Å². The van der Waals surface area contributed by atoms with Crippen LogP contribution in [0.15, 0.2) is 51.9 Å². The molecular weight excluding hydrogens is 666 g/mol. The first kappa shape index (κ1) is 38.6. The van der Waals surface area contributed by atoms with E-state index in [1.807, 2.05) is 13.8 Å². The molecule has 3 amide bonds. The molecule has 0 unspecified atom stereocenters. The fourth-order valence-electron chi connectivity index (χ4n) is 5.68. The Bertz CT molecular complexity index is 1690. The Labute approximate surface area is 294 Å². The van der Waals surface area contributed by atoms with Crippen LogP contribution in [0.25, 0.3) is 0 Å². The summed E-state index contributed by atoms with van der Waals surface area (Å²) in [7, 11) is -0.847. The molecule has 15 heteroatoms. The Morgan fingerprint density at radius 2 is 1.86 bits per heavy atom. The molecule has 0 bridgehead atoms. The van der Waals surface area contributed by atoms with E-state index < -0.39 is 34.1 Å². The number of hydrogen-bond acceptors (Lipinski definition) is 10. The second-order valence-electron chi connectivity index (χ2n) is 12.8. The predicted octanol–water partition coefficient (Wildman–Crippen LogP) is 5.06. The topological polar surface area (TPSA) is 173 Å². The fraction of sp³-hybridized carbons (Fsp3) is 0.514. The van der Waals surface area contributed by atoms with Crippen LogP contribution in [0, 0.1) is 19.8 Å². The number of nitrogens with one attached hydrogen (secondary N) is 2. The number of sulfonamides is 1. The van der Waals surface area contributed by atoms with Crippen molar-refractivity contribution in [2.45, 2.75) is 77.0 Å². The van der Waals surface area contributed by atoms with E-state index in [0.717, 1.165) is 12.8 Å². The molecule has 4 rings (SSSR count). The summed E-state index contributed by atoms with van der Waals surface area (Å²) in [6.07, 6.45) is 1.36. The molecule has 1 aromatic heterocycles. The lowest BCUT2D eigenvalue weighted by molar-refractivity contribution is -0.00834. The van der Waals surface area contributed by atoms with Gasteiger partial charge in [0.1, 0.15) is 22.9 Å². The van der Waals surface area contributed by atoms with Crippen LogP contribution in [0.1, 0.15) is 61.8 Å². The highest BCUT2D eigenvalue weighted by Crippen LogP contribution is 2.29. The molecule has 3 aromatic rings. The van der Waals surface area contributed by atoms with Crippen molar-refractivity contribution in [1.82, 2.24) is 14.4 Å². The first-order valence-corrected chi connectivity index (χ1v) is 18.1. The van der Waals surface area contributed by atoms with E-state index in [1.54, 1.807) is 51.1 Å². The summed E-state index contributed by atoms with van der Waals surface area (Å²) in [5, 5.41) is 19.6. The van der Waals surface area contributed by atoms with Crippen molar-refractivity contribution in [2.75, 3.05) is 51.1 Å². The zero-order chi connectivity index (χ0) is 36.6. The van der Waals surface area contributed by atoms with Crippen LogP contribution >= 0.6 is 0 Å². The van der Waals surface area contributed by atoms with Gasteiger partial charge in [0.25, 0.3) is 5.91 Å². The number of aryl methyl sites for hydroxylation is 2. The number of amides is 3. The molecule has 4 atom stereocenters. The molecule has 50 heavy (non-hydrogen) atoms. The number of benzene rings is 2. The standard InChI is InChI=1S/C35H49N5O9S/c1-22-19-40(23(2)21-41)34(42)30-18-27(36-35(43)37-33-25(4)38-49-26(33)5)11-16-31(30)48-24(3)10-8-9-17-47-32(22)20-39(6)50(44,45)29-14-12-28(46-7)13-15-29/h11-16,18,22-24,32,41H,8-10,17,19-21H2,1-7H3,(H2,36,37,43)/t22-,23+,24-,32-/m0/s1. The van der Waals surface area contributed by atoms with Crippen molar-refractivity contribution < 1.29 is 41.8 Å². The third-order valence-corrected chi connectivity index (χ3v) is 10.6. The lowest BCUT2D eigenvalue weighted by atomic mass is 10.0. The summed E-state index contributed by atoms with van der Waals surface area (Å²) in [6, 6.07) is 9.87. The van der Waals surface area contributed by atoms with Crippen LogP contribution in [-0.4, -0.2) is 98.5 Å². The zero-order valence-electron chi connectivity index (χ0n) is 29.8. The van der Waals surface area contributed by atoms with Gasteiger partial charge in [-0.2, -0.15) is 4.31 Å². The average molecular weight is 716 g/mol. The lowest BCUT2D eigenvalue weighted by Gasteiger charge is -2.35. The summed E-state index contributed by atoms with van der Waals surface area (Å²) in [6.45, 7) is 9.18. The quantitative estimate of drug-likeness (QED) is 0.272. The van der Waals surface area contributed by atoms with E-state index in [1.165, 1.54) is 35.5 Å². The monoisotopic (exact) mass is 715 g/mol. The number of methoxy groups -OCH3 is 1. The molecule has 274 valence electrons. The molecule has 2 heterocycles. The molecule has 2 aromatic carbocycles. The minimum atomic E-state index is -3.86. The number of carbonyl (C=O) groups is 2. The van der Waals surface area contributed by atoms with Gasteiger partial charge in [-0.15, -0.1) is 0 Å². The molecule has 0 spiro atoms. The lowest BCUT2D eigenvalue weighted by Crippen LogP contribution is -2.48. The largest absolute Gasteiger partial charge is 0.497 e. The summed E-state index contributed by atoms with van der Waals surface area (Å²) in [5.74, 6) is 0.563. The fourth-order valence-corrected chi connectivity index (χ4v) is 6.86. The molecule has 0 fully saturated rings. The molecule has 1 aliphatic heterocycles. The van der Waals surface area contributed by atoms with Crippen LogP contribution in [0.5, 0.6) is 11.5 Å². The first-order chi connectivity index (χ1) is 23.7. The Kier molecular flexibility index (Phi) is 13.3. The number of fused-ring (bicyclic) bond motifs is 1. The number of aliphatic hydroxyl groups excluding tert-OH is 1. The minimum absolute atomic E-state index is 0.0372. The molecule has 3 N–H and O–H groups in total. The molecule has 0 radical (unpaired) electrons. The van der Waals surface area contributed by atoms with Crippen LogP contribution in [0.3, 0.4) is 0 Å². The predicted molar refractivity (Wildman–Crippen MR) is 188 cm³/mol. The smallest absolute Gasteiger partial charge is 0.323 e.